The van der Waals surface area contributed by atoms with Crippen molar-refractivity contribution in [2.75, 3.05) is 12.3 Å². The highest BCUT2D eigenvalue weighted by atomic mass is 31.2. The summed E-state index contributed by atoms with van der Waals surface area (Å²) in [5.74, 6) is -1.73. The minimum absolute atomic E-state index is 0.0999. The highest BCUT2D eigenvalue weighted by Crippen LogP contribution is 2.43. The van der Waals surface area contributed by atoms with Gasteiger partial charge in [0.2, 0.25) is 7.37 Å². The molecular formula is C12H25O4P. The maximum atomic E-state index is 11.7. The molecule has 0 aromatic heterocycles. The van der Waals surface area contributed by atoms with Crippen LogP contribution in [-0.4, -0.2) is 28.3 Å². The van der Waals surface area contributed by atoms with Crippen LogP contribution in [0, 0.1) is 5.92 Å². The van der Waals surface area contributed by atoms with Crippen molar-refractivity contribution in [3.63, 3.8) is 0 Å². The van der Waals surface area contributed by atoms with Gasteiger partial charge in [0, 0.05) is 12.3 Å². The van der Waals surface area contributed by atoms with Crippen molar-refractivity contribution >= 4 is 13.3 Å². The fraction of sp³-hybridized carbons (Fsp3) is 0.917. The molecule has 0 heterocycles. The van der Waals surface area contributed by atoms with Crippen molar-refractivity contribution in [2.24, 2.45) is 5.92 Å². The van der Waals surface area contributed by atoms with Crippen LogP contribution in [0.25, 0.3) is 0 Å². The predicted molar refractivity (Wildman–Crippen MR) is 69.7 cm³/mol. The van der Waals surface area contributed by atoms with Crippen LogP contribution < -0.4 is 0 Å². The Balaban J connectivity index is 3.71. The van der Waals surface area contributed by atoms with E-state index < -0.39 is 19.3 Å². The Morgan fingerprint density at radius 2 is 1.71 bits per heavy atom. The summed E-state index contributed by atoms with van der Waals surface area (Å²) in [5.41, 5.74) is 0. The Morgan fingerprint density at radius 3 is 2.24 bits per heavy atom. The van der Waals surface area contributed by atoms with Gasteiger partial charge in [-0.2, -0.15) is 0 Å². The van der Waals surface area contributed by atoms with Gasteiger partial charge in [0.1, 0.15) is 0 Å². The van der Waals surface area contributed by atoms with Crippen molar-refractivity contribution in [2.45, 2.75) is 52.4 Å². The average Bonchev–Trinajstić information content (AvgIpc) is 2.22. The van der Waals surface area contributed by atoms with Crippen molar-refractivity contribution in [1.29, 1.82) is 0 Å². The Labute approximate surface area is 104 Å². The molecular weight excluding hydrogens is 239 g/mol. The fourth-order valence-electron chi connectivity index (χ4n) is 1.74. The van der Waals surface area contributed by atoms with E-state index in [0.717, 1.165) is 19.3 Å². The lowest BCUT2D eigenvalue weighted by Gasteiger charge is -2.13. The van der Waals surface area contributed by atoms with Gasteiger partial charge in [0.25, 0.3) is 0 Å². The number of hydrogen-bond donors (Lipinski definition) is 2. The number of aliphatic carboxylic acids is 1. The third-order valence-electron chi connectivity index (χ3n) is 2.84. The van der Waals surface area contributed by atoms with Crippen molar-refractivity contribution in [3.8, 4) is 0 Å². The van der Waals surface area contributed by atoms with E-state index in [1.54, 1.807) is 0 Å². The van der Waals surface area contributed by atoms with E-state index in [2.05, 4.69) is 6.92 Å². The van der Waals surface area contributed by atoms with E-state index in [1.165, 1.54) is 26.2 Å². The molecule has 2 atom stereocenters. The van der Waals surface area contributed by atoms with Crippen LogP contribution in [0.2, 0.25) is 0 Å². The Hall–Kier alpha value is -0.340. The minimum Gasteiger partial charge on any atom is -0.481 e. The molecule has 4 nitrogen and oxygen atoms in total. The SMILES string of the molecule is CCCCCCCCP(=O)(O)CC(C)C(=O)O. The molecule has 0 fully saturated rings. The van der Waals surface area contributed by atoms with Gasteiger partial charge in [0.15, 0.2) is 0 Å². The fourth-order valence-corrected chi connectivity index (χ4v) is 3.65. The summed E-state index contributed by atoms with van der Waals surface area (Å²) in [7, 11) is -3.24. The monoisotopic (exact) mass is 264 g/mol. The number of rotatable bonds is 10. The van der Waals surface area contributed by atoms with Gasteiger partial charge in [-0.1, -0.05) is 46.0 Å². The summed E-state index contributed by atoms with van der Waals surface area (Å²) in [6.07, 6.45) is 6.53. The van der Waals surface area contributed by atoms with Crippen LogP contribution in [0.1, 0.15) is 52.4 Å². The smallest absolute Gasteiger partial charge is 0.306 e. The van der Waals surface area contributed by atoms with Gasteiger partial charge in [-0.25, -0.2) is 0 Å². The molecule has 0 radical (unpaired) electrons. The third kappa shape index (κ3) is 9.37. The first kappa shape index (κ1) is 16.7. The molecule has 102 valence electrons. The van der Waals surface area contributed by atoms with E-state index in [9.17, 15) is 14.3 Å². The zero-order valence-corrected chi connectivity index (χ0v) is 11.8. The normalized spacial score (nSPS) is 16.4. The minimum atomic E-state index is -3.24. The molecule has 0 amide bonds. The van der Waals surface area contributed by atoms with Crippen molar-refractivity contribution < 1.29 is 19.4 Å². The Morgan fingerprint density at radius 1 is 1.18 bits per heavy atom. The van der Waals surface area contributed by atoms with Crippen LogP contribution in [0.15, 0.2) is 0 Å². The quantitative estimate of drug-likeness (QED) is 0.469. The topological polar surface area (TPSA) is 74.6 Å². The molecule has 0 saturated carbocycles. The maximum absolute atomic E-state index is 11.7. The standard InChI is InChI=1S/C12H25O4P/c1-3-4-5-6-7-8-9-17(15,16)10-11(2)12(13)14/h11H,3-10H2,1-2H3,(H,13,14)(H,15,16). The second-order valence-electron chi connectivity index (χ2n) is 4.76. The largest absolute Gasteiger partial charge is 0.481 e. The van der Waals surface area contributed by atoms with E-state index in [-0.39, 0.29) is 12.3 Å². The number of hydrogen-bond acceptors (Lipinski definition) is 2. The lowest BCUT2D eigenvalue weighted by atomic mass is 10.1. The molecule has 5 heteroatoms. The molecule has 0 rings (SSSR count). The average molecular weight is 264 g/mol. The molecule has 0 aromatic carbocycles. The highest BCUT2D eigenvalue weighted by molar-refractivity contribution is 7.58. The molecule has 0 aliphatic heterocycles. The highest BCUT2D eigenvalue weighted by Gasteiger charge is 2.24. The molecule has 0 spiro atoms. The van der Waals surface area contributed by atoms with Crippen LogP contribution >= 0.6 is 7.37 Å². The summed E-state index contributed by atoms with van der Waals surface area (Å²) in [6, 6.07) is 0. The van der Waals surface area contributed by atoms with Crippen LogP contribution in [0.4, 0.5) is 0 Å². The van der Waals surface area contributed by atoms with Gasteiger partial charge in [0.05, 0.1) is 5.92 Å². The summed E-state index contributed by atoms with van der Waals surface area (Å²) in [6.45, 7) is 3.63. The first-order valence-corrected chi connectivity index (χ1v) is 8.45. The lowest BCUT2D eigenvalue weighted by Crippen LogP contribution is -2.15. The van der Waals surface area contributed by atoms with Crippen LogP contribution in [-0.2, 0) is 9.36 Å². The zero-order chi connectivity index (χ0) is 13.3. The second-order valence-corrected chi connectivity index (χ2v) is 7.26. The summed E-state index contributed by atoms with van der Waals surface area (Å²) >= 11 is 0. The number of carboxylic acids is 1. The summed E-state index contributed by atoms with van der Waals surface area (Å²) in [5, 5.41) is 8.68. The number of unbranched alkanes of at least 4 members (excludes halogenated alkanes) is 5. The zero-order valence-electron chi connectivity index (χ0n) is 10.9. The van der Waals surface area contributed by atoms with E-state index in [4.69, 9.17) is 5.11 Å². The Bertz CT molecular complexity index is 265. The molecule has 0 bridgehead atoms. The number of carboxylic acid groups (broad SMARTS) is 1. The molecule has 17 heavy (non-hydrogen) atoms. The molecule has 0 saturated heterocycles. The van der Waals surface area contributed by atoms with Gasteiger partial charge in [-0.3, -0.25) is 9.36 Å². The first-order chi connectivity index (χ1) is 7.89. The van der Waals surface area contributed by atoms with E-state index in [1.807, 2.05) is 0 Å². The predicted octanol–water partition coefficient (Wildman–Crippen LogP) is 3.34. The molecule has 2 unspecified atom stereocenters. The molecule has 2 N–H and O–H groups in total. The van der Waals surface area contributed by atoms with Gasteiger partial charge < -0.3 is 10.00 Å². The van der Waals surface area contributed by atoms with Crippen molar-refractivity contribution in [3.05, 3.63) is 0 Å². The Kier molecular flexibility index (Phi) is 8.53. The van der Waals surface area contributed by atoms with Gasteiger partial charge in [-0.05, 0) is 6.42 Å². The molecule has 0 aromatic rings. The third-order valence-corrected chi connectivity index (χ3v) is 4.98. The first-order valence-electron chi connectivity index (χ1n) is 6.42. The van der Waals surface area contributed by atoms with E-state index >= 15 is 0 Å². The van der Waals surface area contributed by atoms with Crippen LogP contribution in [0.3, 0.4) is 0 Å². The van der Waals surface area contributed by atoms with Gasteiger partial charge in [-0.15, -0.1) is 0 Å². The van der Waals surface area contributed by atoms with Crippen molar-refractivity contribution in [1.82, 2.24) is 0 Å². The summed E-state index contributed by atoms with van der Waals surface area (Å²) in [4.78, 5) is 20.2. The molecule has 0 aliphatic rings. The molecule has 0 aliphatic carbocycles. The summed E-state index contributed by atoms with van der Waals surface area (Å²) < 4.78 is 11.7. The maximum Gasteiger partial charge on any atom is 0.306 e. The van der Waals surface area contributed by atoms with E-state index in [0.29, 0.717) is 0 Å². The second kappa shape index (κ2) is 8.71. The lowest BCUT2D eigenvalue weighted by molar-refractivity contribution is -0.140. The number of carbonyl (C=O) groups is 1. The van der Waals surface area contributed by atoms with Crippen LogP contribution in [0.5, 0.6) is 0 Å². The van der Waals surface area contributed by atoms with Gasteiger partial charge >= 0.3 is 5.97 Å².